The van der Waals surface area contributed by atoms with Crippen LogP contribution in [0.1, 0.15) is 15.2 Å². The number of fused-ring (bicyclic) bond motifs is 1. The highest BCUT2D eigenvalue weighted by molar-refractivity contribution is 7.21. The predicted octanol–water partition coefficient (Wildman–Crippen LogP) is 3.46. The van der Waals surface area contributed by atoms with Crippen molar-refractivity contribution in [2.45, 2.75) is 6.92 Å². The number of nitrogens with one attached hydrogen (secondary N) is 1. The number of nitrogens with zero attached hydrogens (tertiary/aromatic N) is 1. The molecule has 0 saturated heterocycles. The molecule has 1 aromatic carbocycles. The van der Waals surface area contributed by atoms with Crippen LogP contribution in [0.15, 0.2) is 30.5 Å². The fourth-order valence-electron chi connectivity index (χ4n) is 2.46. The molecule has 0 radical (unpaired) electrons. The van der Waals surface area contributed by atoms with Crippen molar-refractivity contribution in [1.29, 1.82) is 0 Å². The van der Waals surface area contributed by atoms with Gasteiger partial charge in [0.1, 0.15) is 21.2 Å². The van der Waals surface area contributed by atoms with Crippen LogP contribution in [0.25, 0.3) is 10.2 Å². The van der Waals surface area contributed by atoms with Gasteiger partial charge >= 0.3 is 0 Å². The first-order valence-corrected chi connectivity index (χ1v) is 8.03. The van der Waals surface area contributed by atoms with Crippen LogP contribution in [0.2, 0.25) is 0 Å². The lowest BCUT2D eigenvalue weighted by molar-refractivity contribution is 0.103. The summed E-state index contributed by atoms with van der Waals surface area (Å²) in [6.45, 7) is 1.94. The maximum Gasteiger partial charge on any atom is 0.268 e. The number of nitrogen functional groups attached to an aromatic ring is 1. The number of pyridine rings is 1. The summed E-state index contributed by atoms with van der Waals surface area (Å²) in [4.78, 5) is 18.1. The van der Waals surface area contributed by atoms with Crippen molar-refractivity contribution < 1.29 is 14.3 Å². The highest BCUT2D eigenvalue weighted by Gasteiger charge is 2.19. The summed E-state index contributed by atoms with van der Waals surface area (Å²) < 4.78 is 10.5. The smallest absolute Gasteiger partial charge is 0.268 e. The number of rotatable bonds is 4. The summed E-state index contributed by atoms with van der Waals surface area (Å²) in [5, 5.41) is 3.66. The van der Waals surface area contributed by atoms with Crippen molar-refractivity contribution in [3.63, 3.8) is 0 Å². The van der Waals surface area contributed by atoms with E-state index in [1.807, 2.05) is 13.0 Å². The molecule has 0 aliphatic rings. The van der Waals surface area contributed by atoms with Gasteiger partial charge in [-0.15, -0.1) is 11.3 Å². The van der Waals surface area contributed by atoms with Gasteiger partial charge in [-0.05, 0) is 30.7 Å². The van der Waals surface area contributed by atoms with Gasteiger partial charge in [0.05, 0.1) is 25.6 Å². The number of carbonyl (C=O) groups excluding carboxylic acids is 1. The maximum atomic E-state index is 12.7. The van der Waals surface area contributed by atoms with Crippen molar-refractivity contribution in [2.24, 2.45) is 0 Å². The van der Waals surface area contributed by atoms with Crippen molar-refractivity contribution in [1.82, 2.24) is 4.98 Å². The van der Waals surface area contributed by atoms with Crippen molar-refractivity contribution in [3.05, 3.63) is 40.9 Å². The molecule has 0 fully saturated rings. The van der Waals surface area contributed by atoms with E-state index in [-0.39, 0.29) is 5.91 Å². The second-order valence-corrected chi connectivity index (χ2v) is 6.17. The van der Waals surface area contributed by atoms with Crippen LogP contribution < -0.4 is 20.5 Å². The summed E-state index contributed by atoms with van der Waals surface area (Å²) in [5.41, 5.74) is 8.13. The van der Waals surface area contributed by atoms with Crippen LogP contribution in [0.3, 0.4) is 0 Å². The van der Waals surface area contributed by atoms with E-state index in [1.54, 1.807) is 38.6 Å². The van der Waals surface area contributed by atoms with Crippen LogP contribution in [0, 0.1) is 6.92 Å². The van der Waals surface area contributed by atoms with Crippen LogP contribution in [-0.2, 0) is 0 Å². The number of ether oxygens (including phenoxy) is 2. The molecule has 0 spiro atoms. The van der Waals surface area contributed by atoms with Crippen LogP contribution in [0.4, 0.5) is 11.4 Å². The molecule has 2 heterocycles. The topological polar surface area (TPSA) is 86.5 Å². The average Bonchev–Trinajstić information content (AvgIpc) is 2.93. The number of amides is 1. The third kappa shape index (κ3) is 2.74. The zero-order chi connectivity index (χ0) is 17.3. The molecule has 3 rings (SSSR count). The van der Waals surface area contributed by atoms with Gasteiger partial charge in [0.25, 0.3) is 5.91 Å². The summed E-state index contributed by atoms with van der Waals surface area (Å²) in [6, 6.07) is 7.06. The Labute approximate surface area is 143 Å². The molecule has 0 atom stereocenters. The minimum Gasteiger partial charge on any atom is -0.497 e. The number of aryl methyl sites for hydroxylation is 1. The molecule has 3 N–H and O–H groups in total. The van der Waals surface area contributed by atoms with E-state index >= 15 is 0 Å². The van der Waals surface area contributed by atoms with E-state index in [0.717, 1.165) is 15.8 Å². The van der Waals surface area contributed by atoms with Gasteiger partial charge in [0, 0.05) is 17.6 Å². The maximum absolute atomic E-state index is 12.7. The Balaban J connectivity index is 1.99. The number of hydrogen-bond donors (Lipinski definition) is 2. The molecular weight excluding hydrogens is 326 g/mol. The van der Waals surface area contributed by atoms with E-state index < -0.39 is 0 Å². The summed E-state index contributed by atoms with van der Waals surface area (Å²) in [5.74, 6) is 0.854. The van der Waals surface area contributed by atoms with Gasteiger partial charge in [0.15, 0.2) is 0 Å². The van der Waals surface area contributed by atoms with E-state index in [0.29, 0.717) is 27.8 Å². The predicted molar refractivity (Wildman–Crippen MR) is 96.3 cm³/mol. The second kappa shape index (κ2) is 6.37. The molecule has 2 aromatic heterocycles. The molecule has 6 nitrogen and oxygen atoms in total. The highest BCUT2D eigenvalue weighted by Crippen LogP contribution is 2.36. The Morgan fingerprint density at radius 3 is 2.71 bits per heavy atom. The minimum atomic E-state index is -0.304. The first kappa shape index (κ1) is 16.1. The van der Waals surface area contributed by atoms with Crippen molar-refractivity contribution >= 4 is 38.8 Å². The lowest BCUT2D eigenvalue weighted by atomic mass is 10.1. The van der Waals surface area contributed by atoms with E-state index in [1.165, 1.54) is 11.3 Å². The number of aromatic nitrogens is 1. The zero-order valence-corrected chi connectivity index (χ0v) is 14.4. The molecule has 0 unspecified atom stereocenters. The molecule has 0 bridgehead atoms. The quantitative estimate of drug-likeness (QED) is 0.757. The lowest BCUT2D eigenvalue weighted by Gasteiger charge is -2.11. The molecule has 24 heavy (non-hydrogen) atoms. The Hall–Kier alpha value is -2.80. The fourth-order valence-corrected chi connectivity index (χ4v) is 3.50. The van der Waals surface area contributed by atoms with E-state index in [4.69, 9.17) is 15.2 Å². The average molecular weight is 343 g/mol. The first-order valence-electron chi connectivity index (χ1n) is 7.22. The Morgan fingerprint density at radius 2 is 2.04 bits per heavy atom. The number of methoxy groups -OCH3 is 2. The number of carbonyl (C=O) groups is 1. The number of benzene rings is 1. The SMILES string of the molecule is COc1ccc(OC)c(NC(=O)c2sc3nccc(C)c3c2N)c1. The molecule has 7 heteroatoms. The Kier molecular flexibility index (Phi) is 4.26. The van der Waals surface area contributed by atoms with Gasteiger partial charge in [-0.1, -0.05) is 0 Å². The van der Waals surface area contributed by atoms with Gasteiger partial charge in [-0.2, -0.15) is 0 Å². The monoisotopic (exact) mass is 343 g/mol. The van der Waals surface area contributed by atoms with Gasteiger partial charge in [-0.25, -0.2) is 4.98 Å². The van der Waals surface area contributed by atoms with Crippen molar-refractivity contribution in [3.8, 4) is 11.5 Å². The number of hydrogen-bond acceptors (Lipinski definition) is 6. The number of nitrogens with two attached hydrogens (primary N) is 1. The fraction of sp³-hybridized carbons (Fsp3) is 0.176. The molecule has 124 valence electrons. The summed E-state index contributed by atoms with van der Waals surface area (Å²) in [6.07, 6.45) is 1.71. The second-order valence-electron chi connectivity index (χ2n) is 5.17. The van der Waals surface area contributed by atoms with Crippen LogP contribution >= 0.6 is 11.3 Å². The summed E-state index contributed by atoms with van der Waals surface area (Å²) >= 11 is 1.27. The Bertz CT molecular complexity index is 921. The number of anilines is 2. The standard InChI is InChI=1S/C17H17N3O3S/c1-9-6-7-19-17-13(9)14(18)15(24-17)16(21)20-11-8-10(22-2)4-5-12(11)23-3/h4-8H,18H2,1-3H3,(H,20,21). The van der Waals surface area contributed by atoms with Crippen LogP contribution in [0.5, 0.6) is 11.5 Å². The normalized spacial score (nSPS) is 10.6. The first-order chi connectivity index (χ1) is 11.5. The zero-order valence-electron chi connectivity index (χ0n) is 13.5. The van der Waals surface area contributed by atoms with E-state index in [9.17, 15) is 4.79 Å². The third-order valence-corrected chi connectivity index (χ3v) is 4.81. The molecule has 0 aliphatic heterocycles. The number of thiophene rings is 1. The third-order valence-electron chi connectivity index (χ3n) is 3.70. The van der Waals surface area contributed by atoms with Crippen LogP contribution in [-0.4, -0.2) is 25.1 Å². The van der Waals surface area contributed by atoms with Gasteiger partial charge in [-0.3, -0.25) is 4.79 Å². The van der Waals surface area contributed by atoms with Gasteiger partial charge < -0.3 is 20.5 Å². The van der Waals surface area contributed by atoms with E-state index in [2.05, 4.69) is 10.3 Å². The molecule has 0 aliphatic carbocycles. The highest BCUT2D eigenvalue weighted by atomic mass is 32.1. The van der Waals surface area contributed by atoms with Gasteiger partial charge in [0.2, 0.25) is 0 Å². The summed E-state index contributed by atoms with van der Waals surface area (Å²) in [7, 11) is 3.10. The molecular formula is C17H17N3O3S. The van der Waals surface area contributed by atoms with Crippen molar-refractivity contribution in [2.75, 3.05) is 25.3 Å². The molecule has 3 aromatic rings. The Morgan fingerprint density at radius 1 is 1.25 bits per heavy atom. The molecule has 1 amide bonds. The largest absolute Gasteiger partial charge is 0.497 e. The lowest BCUT2D eigenvalue weighted by Crippen LogP contribution is -2.13. The minimum absolute atomic E-state index is 0.304. The molecule has 0 saturated carbocycles.